The van der Waals surface area contributed by atoms with E-state index in [0.29, 0.717) is 0 Å². The fourth-order valence-electron chi connectivity index (χ4n) is 4.73. The smallest absolute Gasteiger partial charge is 1.00 e. The number of benzene rings is 4. The Kier molecular flexibility index (Phi) is 12.9. The maximum Gasteiger partial charge on any atom is 4.00 e. The first-order chi connectivity index (χ1) is 17.7. The van der Waals surface area contributed by atoms with Crippen LogP contribution in [-0.2, 0) is 26.2 Å². The van der Waals surface area contributed by atoms with E-state index in [1.54, 1.807) is 0 Å². The second-order valence-corrected chi connectivity index (χ2v) is 9.18. The van der Waals surface area contributed by atoms with Crippen molar-refractivity contribution in [1.29, 1.82) is 0 Å². The molecule has 0 radical (unpaired) electrons. The monoisotopic (exact) mass is 622 g/mol. The van der Waals surface area contributed by atoms with E-state index >= 15 is 0 Å². The Morgan fingerprint density at radius 1 is 0.410 bits per heavy atom. The molecule has 0 N–H and O–H groups in total. The molecule has 192 valence electrons. The zero-order valence-electron chi connectivity index (χ0n) is 22.1. The van der Waals surface area contributed by atoms with Gasteiger partial charge in [-0.2, -0.15) is 0 Å². The van der Waals surface area contributed by atoms with Crippen molar-refractivity contribution < 1.29 is 51.0 Å². The number of aryl methyl sites for hydroxylation is 2. The second kappa shape index (κ2) is 15.6. The van der Waals surface area contributed by atoms with Gasteiger partial charge in [0, 0.05) is 0 Å². The van der Waals surface area contributed by atoms with Crippen molar-refractivity contribution in [3.63, 3.8) is 0 Å². The minimum atomic E-state index is 0. The molecule has 6 rings (SSSR count). The van der Waals surface area contributed by atoms with E-state index in [-0.39, 0.29) is 51.0 Å². The van der Waals surface area contributed by atoms with Crippen LogP contribution in [0.5, 0.6) is 0 Å². The Hall–Kier alpha value is -2.96. The molecule has 39 heavy (non-hydrogen) atoms. The molecule has 0 aliphatic heterocycles. The second-order valence-electron chi connectivity index (χ2n) is 9.18. The van der Waals surface area contributed by atoms with Gasteiger partial charge in [0.2, 0.25) is 0 Å². The fraction of sp³-hybridized carbons (Fsp3) is 0.0556. The van der Waals surface area contributed by atoms with E-state index < -0.39 is 0 Å². The largest absolute Gasteiger partial charge is 4.00 e. The van der Waals surface area contributed by atoms with Crippen LogP contribution >= 0.6 is 0 Å². The number of rotatable bonds is 4. The fourth-order valence-corrected chi connectivity index (χ4v) is 4.73. The predicted octanol–water partition coefficient (Wildman–Crippen LogP) is 4.10. The van der Waals surface area contributed by atoms with Gasteiger partial charge in [0.25, 0.3) is 0 Å². The molecule has 0 fully saturated rings. The summed E-state index contributed by atoms with van der Waals surface area (Å²) in [5.74, 6) is 0. The molecule has 6 aromatic carbocycles. The van der Waals surface area contributed by atoms with Crippen molar-refractivity contribution in [2.75, 3.05) is 0 Å². The van der Waals surface area contributed by atoms with Crippen LogP contribution in [0.25, 0.3) is 44.5 Å². The number of halogens is 2. The zero-order valence-corrected chi connectivity index (χ0v) is 26.1. The Labute approximate surface area is 264 Å². The van der Waals surface area contributed by atoms with E-state index in [0.717, 1.165) is 0 Å². The van der Waals surface area contributed by atoms with Crippen LogP contribution in [0.15, 0.2) is 146 Å². The molecule has 0 spiro atoms. The Balaban J connectivity index is 0.000000254. The van der Waals surface area contributed by atoms with Crippen molar-refractivity contribution in [3.05, 3.63) is 157 Å². The van der Waals surface area contributed by atoms with E-state index in [2.05, 4.69) is 159 Å². The summed E-state index contributed by atoms with van der Waals surface area (Å²) in [6.45, 7) is 4.30. The molecule has 6 aromatic rings. The van der Waals surface area contributed by atoms with Crippen molar-refractivity contribution in [3.8, 4) is 44.5 Å². The third-order valence-corrected chi connectivity index (χ3v) is 6.41. The quantitative estimate of drug-likeness (QED) is 0.259. The average Bonchev–Trinajstić information content (AvgIpc) is 3.54. The summed E-state index contributed by atoms with van der Waals surface area (Å²) in [6.07, 6.45) is 0. The van der Waals surface area contributed by atoms with Crippen molar-refractivity contribution in [1.82, 2.24) is 0 Å². The maximum atomic E-state index is 2.26. The molecule has 0 aromatic heterocycles. The van der Waals surface area contributed by atoms with Crippen molar-refractivity contribution >= 4 is 0 Å². The summed E-state index contributed by atoms with van der Waals surface area (Å²) in [4.78, 5) is 0. The Bertz CT molecular complexity index is 1280. The minimum Gasteiger partial charge on any atom is -1.00 e. The van der Waals surface area contributed by atoms with Crippen LogP contribution in [-0.4, -0.2) is 0 Å². The molecule has 0 nitrogen and oxygen atoms in total. The van der Waals surface area contributed by atoms with E-state index in [1.807, 2.05) is 0 Å². The van der Waals surface area contributed by atoms with Crippen molar-refractivity contribution in [2.45, 2.75) is 13.8 Å². The third-order valence-electron chi connectivity index (χ3n) is 6.41. The van der Waals surface area contributed by atoms with Gasteiger partial charge in [0.15, 0.2) is 0 Å². The molecule has 0 bridgehead atoms. The summed E-state index contributed by atoms with van der Waals surface area (Å²) in [6, 6.07) is 51.3. The summed E-state index contributed by atoms with van der Waals surface area (Å²) in [7, 11) is 0. The molecule has 0 heterocycles. The molecule has 0 atom stereocenters. The van der Waals surface area contributed by atoms with Gasteiger partial charge in [-0.3, -0.25) is 0 Å². The summed E-state index contributed by atoms with van der Waals surface area (Å²) >= 11 is 0. The first-order valence-electron chi connectivity index (χ1n) is 12.5. The Morgan fingerprint density at radius 3 is 1.00 bits per heavy atom. The van der Waals surface area contributed by atoms with Crippen LogP contribution in [0.1, 0.15) is 11.1 Å². The molecule has 0 aliphatic rings. The normalized spacial score (nSPS) is 9.69. The van der Waals surface area contributed by atoms with Gasteiger partial charge in [-0.1, -0.05) is 144 Å². The molecule has 0 saturated heterocycles. The van der Waals surface area contributed by atoms with Crippen LogP contribution in [0, 0.1) is 13.8 Å². The van der Waals surface area contributed by atoms with Crippen LogP contribution in [0.4, 0.5) is 0 Å². The molecule has 0 unspecified atom stereocenters. The zero-order chi connectivity index (χ0) is 24.7. The van der Waals surface area contributed by atoms with Gasteiger partial charge in [0.1, 0.15) is 0 Å². The molecule has 0 amide bonds. The van der Waals surface area contributed by atoms with Crippen molar-refractivity contribution in [2.24, 2.45) is 0 Å². The van der Waals surface area contributed by atoms with E-state index in [1.165, 1.54) is 55.6 Å². The summed E-state index contributed by atoms with van der Waals surface area (Å²) in [5.41, 5.74) is 13.0. The molecular weight excluding hydrogens is 595 g/mol. The third kappa shape index (κ3) is 8.03. The molecule has 0 aliphatic carbocycles. The Morgan fingerprint density at radius 2 is 0.692 bits per heavy atom. The van der Waals surface area contributed by atoms with Gasteiger partial charge in [-0.05, 0) is 0 Å². The van der Waals surface area contributed by atoms with E-state index in [4.69, 9.17) is 0 Å². The van der Waals surface area contributed by atoms with Gasteiger partial charge < -0.3 is 24.8 Å². The van der Waals surface area contributed by atoms with Crippen LogP contribution < -0.4 is 24.8 Å². The first kappa shape index (κ1) is 32.3. The van der Waals surface area contributed by atoms with Crippen LogP contribution in [0.2, 0.25) is 0 Å². The number of hydrogen-bond acceptors (Lipinski definition) is 0. The predicted molar refractivity (Wildman–Crippen MR) is 155 cm³/mol. The van der Waals surface area contributed by atoms with Crippen LogP contribution in [0.3, 0.4) is 0 Å². The maximum absolute atomic E-state index is 2.26. The first-order valence-corrected chi connectivity index (χ1v) is 12.5. The summed E-state index contributed by atoms with van der Waals surface area (Å²) < 4.78 is 0. The number of hydrogen-bond donors (Lipinski definition) is 0. The van der Waals surface area contributed by atoms with Gasteiger partial charge >= 0.3 is 26.2 Å². The van der Waals surface area contributed by atoms with Gasteiger partial charge in [0.05, 0.1) is 0 Å². The molecular formula is C36H30Cl2Zr. The van der Waals surface area contributed by atoms with Gasteiger partial charge in [-0.15, -0.1) is 70.8 Å². The molecule has 0 saturated carbocycles. The average molecular weight is 625 g/mol. The SMILES string of the molecule is Cc1cc(-c2ccccc2)[c-](-c2ccccc2)c1.Cc1cc(-c2ccccc2)[c-](-c2ccccc2)c1.[Cl-].[Cl-].[Zr+4]. The standard InChI is InChI=1S/2C18H15.2ClH.Zr/c2*1-14-12-17(15-8-4-2-5-9-15)18(13-14)16-10-6-3-7-11-16;;;/h2*2-13H,1H3;2*1H;/q2*-1;;;+4/p-2. The van der Waals surface area contributed by atoms with Gasteiger partial charge in [-0.25, -0.2) is 0 Å². The van der Waals surface area contributed by atoms with E-state index in [9.17, 15) is 0 Å². The summed E-state index contributed by atoms with van der Waals surface area (Å²) in [5, 5.41) is 0. The topological polar surface area (TPSA) is 0 Å². The minimum absolute atomic E-state index is 0. The molecule has 3 heteroatoms.